The van der Waals surface area contributed by atoms with Gasteiger partial charge in [-0.15, -0.1) is 0 Å². The summed E-state index contributed by atoms with van der Waals surface area (Å²) in [6, 6.07) is 6.90. The molecule has 0 aromatic heterocycles. The molecule has 11 heteroatoms. The van der Waals surface area contributed by atoms with Crippen LogP contribution in [0, 0.1) is 11.3 Å². The zero-order chi connectivity index (χ0) is 22.5. The van der Waals surface area contributed by atoms with Crippen molar-refractivity contribution in [2.45, 2.75) is 18.7 Å². The Morgan fingerprint density at radius 2 is 1.80 bits per heavy atom. The molecule has 10 nitrogen and oxygen atoms in total. The quantitative estimate of drug-likeness (QED) is 0.374. The van der Waals surface area contributed by atoms with Gasteiger partial charge in [0.15, 0.2) is 6.61 Å². The van der Waals surface area contributed by atoms with Crippen LogP contribution in [0.4, 0.5) is 0 Å². The molecule has 0 bridgehead atoms. The van der Waals surface area contributed by atoms with Gasteiger partial charge in [-0.05, 0) is 25.1 Å². The number of nitrogens with zero attached hydrogens (tertiary/aromatic N) is 3. The summed E-state index contributed by atoms with van der Waals surface area (Å²) < 4.78 is 31.9. The second-order valence-corrected chi connectivity index (χ2v) is 8.55. The van der Waals surface area contributed by atoms with Gasteiger partial charge in [-0.25, -0.2) is 13.2 Å². The van der Waals surface area contributed by atoms with Gasteiger partial charge in [0.05, 0.1) is 10.5 Å². The normalized spacial score (nSPS) is 15.7. The molecule has 2 N–H and O–H groups in total. The van der Waals surface area contributed by atoms with Gasteiger partial charge < -0.3 is 15.4 Å². The standard InChI is InChI=1S/C19H22N4O6S/c1-13(21)17(11-20)18(25)12-29-19(26)15-4-3-5-16(10-15)30(27,28)23-8-6-22(7-9-23)14(2)24/h3-5,10H,6-9,12,21H2,1-2H3/b17-13-. The lowest BCUT2D eigenvalue weighted by Crippen LogP contribution is -2.49. The van der Waals surface area contributed by atoms with Crippen LogP contribution in [0.25, 0.3) is 0 Å². The molecule has 1 aromatic carbocycles. The van der Waals surface area contributed by atoms with Crippen LogP contribution >= 0.6 is 0 Å². The minimum Gasteiger partial charge on any atom is -0.454 e. The van der Waals surface area contributed by atoms with Crippen molar-refractivity contribution in [2.75, 3.05) is 32.8 Å². The number of nitrogens with two attached hydrogens (primary N) is 1. The Labute approximate surface area is 174 Å². The molecule has 30 heavy (non-hydrogen) atoms. The number of ketones is 1. The number of carbonyl (C=O) groups is 3. The van der Waals surface area contributed by atoms with Crippen LogP contribution in [0.5, 0.6) is 0 Å². The Hall–Kier alpha value is -3.23. The van der Waals surface area contributed by atoms with Gasteiger partial charge in [0, 0.05) is 38.8 Å². The highest BCUT2D eigenvalue weighted by atomic mass is 32.2. The Balaban J connectivity index is 2.11. The average molecular weight is 434 g/mol. The van der Waals surface area contributed by atoms with Gasteiger partial charge in [0.25, 0.3) is 0 Å². The van der Waals surface area contributed by atoms with Crippen molar-refractivity contribution in [3.8, 4) is 6.07 Å². The summed E-state index contributed by atoms with van der Waals surface area (Å²) in [6.07, 6.45) is 0. The van der Waals surface area contributed by atoms with Crippen molar-refractivity contribution in [3.05, 3.63) is 41.1 Å². The number of esters is 1. The molecular formula is C19H22N4O6S. The highest BCUT2D eigenvalue weighted by Crippen LogP contribution is 2.19. The van der Waals surface area contributed by atoms with Crippen LogP contribution in [-0.2, 0) is 24.3 Å². The minimum absolute atomic E-state index is 0.0107. The zero-order valence-electron chi connectivity index (χ0n) is 16.6. The molecule has 1 heterocycles. The maximum Gasteiger partial charge on any atom is 0.338 e. The van der Waals surface area contributed by atoms with E-state index in [4.69, 9.17) is 15.7 Å². The summed E-state index contributed by atoms with van der Waals surface area (Å²) in [6.45, 7) is 2.97. The number of piperazine rings is 1. The van der Waals surface area contributed by atoms with Crippen molar-refractivity contribution in [1.29, 1.82) is 5.26 Å². The first-order chi connectivity index (χ1) is 14.1. The molecule has 0 aliphatic carbocycles. The average Bonchev–Trinajstić information content (AvgIpc) is 2.72. The van der Waals surface area contributed by atoms with E-state index >= 15 is 0 Å². The van der Waals surface area contributed by atoms with E-state index in [0.717, 1.165) is 6.07 Å². The third-order valence-corrected chi connectivity index (χ3v) is 6.41. The largest absolute Gasteiger partial charge is 0.454 e. The number of hydrogen-bond acceptors (Lipinski definition) is 8. The minimum atomic E-state index is -3.87. The van der Waals surface area contributed by atoms with Crippen molar-refractivity contribution < 1.29 is 27.5 Å². The molecule has 1 aliphatic heterocycles. The molecule has 0 saturated carbocycles. The van der Waals surface area contributed by atoms with Crippen molar-refractivity contribution in [1.82, 2.24) is 9.21 Å². The summed E-state index contributed by atoms with van der Waals surface area (Å²) in [7, 11) is -3.87. The summed E-state index contributed by atoms with van der Waals surface area (Å²) in [5, 5.41) is 8.90. The van der Waals surface area contributed by atoms with Crippen LogP contribution < -0.4 is 5.73 Å². The Morgan fingerprint density at radius 1 is 1.17 bits per heavy atom. The second kappa shape index (κ2) is 9.51. The van der Waals surface area contributed by atoms with Gasteiger partial charge in [0.2, 0.25) is 21.7 Å². The SMILES string of the molecule is CC(=O)N1CCN(S(=O)(=O)c2cccc(C(=O)OCC(=O)/C(C#N)=C(/C)N)c2)CC1. The molecule has 0 radical (unpaired) electrons. The summed E-state index contributed by atoms with van der Waals surface area (Å²) >= 11 is 0. The fraction of sp³-hybridized carbons (Fsp3) is 0.368. The number of rotatable bonds is 6. The number of sulfonamides is 1. The van der Waals surface area contributed by atoms with Crippen molar-refractivity contribution in [3.63, 3.8) is 0 Å². The molecule has 1 saturated heterocycles. The van der Waals surface area contributed by atoms with Crippen LogP contribution in [0.2, 0.25) is 0 Å². The van der Waals surface area contributed by atoms with Crippen molar-refractivity contribution in [2.24, 2.45) is 5.73 Å². The van der Waals surface area contributed by atoms with E-state index in [0.29, 0.717) is 0 Å². The number of allylic oxidation sites excluding steroid dienone is 1. The number of nitriles is 1. The van der Waals surface area contributed by atoms with Crippen LogP contribution in [0.3, 0.4) is 0 Å². The second-order valence-electron chi connectivity index (χ2n) is 6.61. The van der Waals surface area contributed by atoms with E-state index in [9.17, 15) is 22.8 Å². The molecule has 1 amide bonds. The van der Waals surface area contributed by atoms with Crippen LogP contribution in [0.15, 0.2) is 40.4 Å². The van der Waals surface area contributed by atoms with E-state index in [2.05, 4.69) is 0 Å². The van der Waals surface area contributed by atoms with Gasteiger partial charge in [-0.2, -0.15) is 9.57 Å². The fourth-order valence-electron chi connectivity index (χ4n) is 2.83. The number of benzene rings is 1. The summed E-state index contributed by atoms with van der Waals surface area (Å²) in [5.41, 5.74) is 5.08. The maximum absolute atomic E-state index is 12.9. The first-order valence-electron chi connectivity index (χ1n) is 9.00. The van der Waals surface area contributed by atoms with Crippen molar-refractivity contribution >= 4 is 27.7 Å². The first kappa shape index (κ1) is 23.1. The predicted octanol–water partition coefficient (Wildman–Crippen LogP) is 0.0216. The smallest absolute Gasteiger partial charge is 0.338 e. The third-order valence-electron chi connectivity index (χ3n) is 4.51. The van der Waals surface area contributed by atoms with Gasteiger partial charge >= 0.3 is 5.97 Å². The highest BCUT2D eigenvalue weighted by molar-refractivity contribution is 7.89. The van der Waals surface area contributed by atoms with E-state index in [1.165, 1.54) is 36.4 Å². The Morgan fingerprint density at radius 3 is 2.33 bits per heavy atom. The third kappa shape index (κ3) is 5.22. The van der Waals surface area contributed by atoms with E-state index in [-0.39, 0.29) is 53.8 Å². The highest BCUT2D eigenvalue weighted by Gasteiger charge is 2.29. The Kier molecular flexibility index (Phi) is 7.31. The Bertz CT molecular complexity index is 1030. The molecule has 0 spiro atoms. The molecule has 0 unspecified atom stereocenters. The van der Waals surface area contributed by atoms with E-state index in [1.54, 1.807) is 11.0 Å². The topological polar surface area (TPSA) is 151 Å². The molecule has 1 fully saturated rings. The zero-order valence-corrected chi connectivity index (χ0v) is 17.4. The lowest BCUT2D eigenvalue weighted by atomic mass is 10.1. The number of Topliss-reactive ketones (excluding diaryl/α,β-unsaturated/α-hetero) is 1. The molecule has 1 aromatic rings. The molecule has 2 rings (SSSR count). The van der Waals surface area contributed by atoms with Crippen LogP contribution in [-0.4, -0.2) is 68.1 Å². The number of carbonyl (C=O) groups excluding carboxylic acids is 3. The van der Waals surface area contributed by atoms with Crippen LogP contribution in [0.1, 0.15) is 24.2 Å². The molecule has 1 aliphatic rings. The van der Waals surface area contributed by atoms with Gasteiger partial charge in [0.1, 0.15) is 11.6 Å². The monoisotopic (exact) mass is 434 g/mol. The fourth-order valence-corrected chi connectivity index (χ4v) is 4.30. The molecule has 0 atom stereocenters. The van der Waals surface area contributed by atoms with E-state index < -0.39 is 28.4 Å². The lowest BCUT2D eigenvalue weighted by molar-refractivity contribution is -0.130. The van der Waals surface area contributed by atoms with Gasteiger partial charge in [-0.1, -0.05) is 6.07 Å². The predicted molar refractivity (Wildman–Crippen MR) is 105 cm³/mol. The number of amides is 1. The number of ether oxygens (including phenoxy) is 1. The maximum atomic E-state index is 12.9. The molecule has 160 valence electrons. The molecular weight excluding hydrogens is 412 g/mol. The van der Waals surface area contributed by atoms with Gasteiger partial charge in [-0.3, -0.25) is 9.59 Å². The lowest BCUT2D eigenvalue weighted by Gasteiger charge is -2.33. The summed E-state index contributed by atoms with van der Waals surface area (Å²) in [4.78, 5) is 37.0. The first-order valence-corrected chi connectivity index (χ1v) is 10.4. The number of hydrogen-bond donors (Lipinski definition) is 1. The summed E-state index contributed by atoms with van der Waals surface area (Å²) in [5.74, 6) is -1.78. The van der Waals surface area contributed by atoms with E-state index in [1.807, 2.05) is 0 Å².